The number of hydrogen-bond acceptors (Lipinski definition) is 6. The van der Waals surface area contributed by atoms with Crippen LogP contribution in [-0.4, -0.2) is 73.4 Å². The number of ether oxygens (including phenoxy) is 3. The highest BCUT2D eigenvalue weighted by Gasteiger charge is 2.40. The quantitative estimate of drug-likeness (QED) is 0.712. The third-order valence-corrected chi connectivity index (χ3v) is 5.96. The fourth-order valence-corrected chi connectivity index (χ4v) is 4.30. The number of fused-ring (bicyclic) bond motifs is 1. The summed E-state index contributed by atoms with van der Waals surface area (Å²) >= 11 is 0. The summed E-state index contributed by atoms with van der Waals surface area (Å²) in [5.74, 6) is -2.08. The van der Waals surface area contributed by atoms with Crippen molar-refractivity contribution in [2.24, 2.45) is 5.92 Å². The molecule has 0 aromatic carbocycles. The first kappa shape index (κ1) is 24.0. The fraction of sp³-hybridized carbons (Fsp3) is 0.762. The minimum atomic E-state index is -5.08. The van der Waals surface area contributed by atoms with Gasteiger partial charge in [-0.15, -0.1) is 0 Å². The maximum absolute atomic E-state index is 10.6. The molecule has 1 aromatic rings. The van der Waals surface area contributed by atoms with Crippen LogP contribution >= 0.6 is 0 Å². The van der Waals surface area contributed by atoms with Gasteiger partial charge in [-0.25, -0.2) is 4.79 Å². The van der Waals surface area contributed by atoms with E-state index < -0.39 is 12.1 Å². The standard InChI is InChI=1S/C19H29NO4.C2HF3O2/c1-2-18-19(3-7-20(18)11-16-6-10-22-13-16)24-17(1)14-23-12-15-4-8-21-9-5-15;3-2(4,5)1(6)7/h6,10,13,15,17-19H,1-5,7-9,11-12,14H2;(H,6,7)/t17-,18-,19-;/m1./s1. The van der Waals surface area contributed by atoms with E-state index in [1.807, 2.05) is 6.26 Å². The monoisotopic (exact) mass is 449 g/mol. The van der Waals surface area contributed by atoms with Crippen molar-refractivity contribution in [3.05, 3.63) is 24.2 Å². The molecule has 0 radical (unpaired) electrons. The summed E-state index contributed by atoms with van der Waals surface area (Å²) in [6, 6.07) is 2.62. The molecule has 0 aliphatic carbocycles. The maximum atomic E-state index is 10.6. The number of carboxylic acids is 1. The van der Waals surface area contributed by atoms with E-state index in [-0.39, 0.29) is 6.10 Å². The van der Waals surface area contributed by atoms with Gasteiger partial charge in [-0.1, -0.05) is 0 Å². The minimum Gasteiger partial charge on any atom is -0.475 e. The zero-order valence-corrected chi connectivity index (χ0v) is 17.4. The van der Waals surface area contributed by atoms with Crippen molar-refractivity contribution in [2.45, 2.75) is 63.1 Å². The van der Waals surface area contributed by atoms with Crippen LogP contribution in [0.5, 0.6) is 0 Å². The number of nitrogens with zero attached hydrogens (tertiary/aromatic N) is 1. The van der Waals surface area contributed by atoms with Gasteiger partial charge < -0.3 is 23.7 Å². The minimum absolute atomic E-state index is 0.278. The molecule has 31 heavy (non-hydrogen) atoms. The lowest BCUT2D eigenvalue weighted by Gasteiger charge is -2.36. The largest absolute Gasteiger partial charge is 0.490 e. The van der Waals surface area contributed by atoms with Crippen LogP contribution in [0, 0.1) is 5.92 Å². The Balaban J connectivity index is 0.000000339. The van der Waals surface area contributed by atoms with Crippen molar-refractivity contribution in [1.29, 1.82) is 0 Å². The van der Waals surface area contributed by atoms with Crippen LogP contribution in [-0.2, 0) is 25.5 Å². The highest BCUT2D eigenvalue weighted by molar-refractivity contribution is 5.73. The number of carbonyl (C=O) groups is 1. The van der Waals surface area contributed by atoms with Crippen molar-refractivity contribution >= 4 is 5.97 Å². The zero-order valence-electron chi connectivity index (χ0n) is 17.4. The van der Waals surface area contributed by atoms with Crippen LogP contribution in [0.2, 0.25) is 0 Å². The summed E-state index contributed by atoms with van der Waals surface area (Å²) in [6.45, 7) is 5.50. The fourth-order valence-electron chi connectivity index (χ4n) is 4.30. The van der Waals surface area contributed by atoms with Crippen LogP contribution in [0.4, 0.5) is 13.2 Å². The molecule has 3 aliphatic heterocycles. The summed E-state index contributed by atoms with van der Waals surface area (Å²) in [5, 5.41) is 7.12. The molecule has 3 fully saturated rings. The molecule has 3 saturated heterocycles. The Morgan fingerprint density at radius 1 is 1.16 bits per heavy atom. The van der Waals surface area contributed by atoms with Gasteiger partial charge in [0.15, 0.2) is 0 Å². The van der Waals surface area contributed by atoms with E-state index in [9.17, 15) is 13.2 Å². The van der Waals surface area contributed by atoms with Gasteiger partial charge in [0.1, 0.15) is 0 Å². The predicted octanol–water partition coefficient (Wildman–Crippen LogP) is 3.48. The first-order valence-corrected chi connectivity index (χ1v) is 10.7. The Morgan fingerprint density at radius 3 is 2.55 bits per heavy atom. The van der Waals surface area contributed by atoms with Gasteiger partial charge >= 0.3 is 12.1 Å². The smallest absolute Gasteiger partial charge is 0.475 e. The molecule has 4 rings (SSSR count). The van der Waals surface area contributed by atoms with Gasteiger partial charge in [-0.05, 0) is 44.1 Å². The molecule has 0 saturated carbocycles. The second kappa shape index (κ2) is 11.3. The van der Waals surface area contributed by atoms with Gasteiger partial charge in [-0.3, -0.25) is 4.90 Å². The van der Waals surface area contributed by atoms with E-state index >= 15 is 0 Å². The van der Waals surface area contributed by atoms with E-state index in [4.69, 9.17) is 28.5 Å². The van der Waals surface area contributed by atoms with Crippen molar-refractivity contribution in [3.63, 3.8) is 0 Å². The lowest BCUT2D eigenvalue weighted by molar-refractivity contribution is -0.192. The number of furan rings is 1. The summed E-state index contributed by atoms with van der Waals surface area (Å²) in [5.41, 5.74) is 1.26. The molecular weight excluding hydrogens is 419 g/mol. The molecule has 10 heteroatoms. The Morgan fingerprint density at radius 2 is 1.90 bits per heavy atom. The van der Waals surface area contributed by atoms with E-state index in [1.54, 1.807) is 6.26 Å². The summed E-state index contributed by atoms with van der Waals surface area (Å²) < 4.78 is 54.6. The van der Waals surface area contributed by atoms with Gasteiger partial charge in [0.25, 0.3) is 0 Å². The third kappa shape index (κ3) is 7.48. The predicted molar refractivity (Wildman–Crippen MR) is 103 cm³/mol. The zero-order chi connectivity index (χ0) is 22.3. The molecule has 3 atom stereocenters. The number of carboxylic acid groups (broad SMARTS) is 1. The van der Waals surface area contributed by atoms with E-state index in [0.717, 1.165) is 65.2 Å². The van der Waals surface area contributed by atoms with Crippen molar-refractivity contribution in [2.75, 3.05) is 33.0 Å². The molecule has 1 N–H and O–H groups in total. The Labute approximate surface area is 179 Å². The van der Waals surface area contributed by atoms with Crippen LogP contribution < -0.4 is 0 Å². The summed E-state index contributed by atoms with van der Waals surface area (Å²) in [6.07, 6.45) is 4.92. The van der Waals surface area contributed by atoms with E-state index in [1.165, 1.54) is 12.0 Å². The van der Waals surface area contributed by atoms with Crippen LogP contribution in [0.15, 0.2) is 23.0 Å². The second-order valence-electron chi connectivity index (χ2n) is 8.23. The van der Waals surface area contributed by atoms with Crippen molar-refractivity contribution in [1.82, 2.24) is 4.90 Å². The third-order valence-electron chi connectivity index (χ3n) is 5.96. The molecule has 3 aliphatic rings. The highest BCUT2D eigenvalue weighted by atomic mass is 19.4. The average molecular weight is 449 g/mol. The van der Waals surface area contributed by atoms with E-state index in [0.29, 0.717) is 18.1 Å². The normalized spacial score (nSPS) is 27.4. The van der Waals surface area contributed by atoms with Crippen molar-refractivity contribution < 1.29 is 41.7 Å². The number of hydrogen-bond donors (Lipinski definition) is 1. The number of likely N-dealkylation sites (tertiary alicyclic amines) is 1. The molecule has 0 unspecified atom stereocenters. The first-order valence-electron chi connectivity index (χ1n) is 10.7. The van der Waals surface area contributed by atoms with Gasteiger partial charge in [-0.2, -0.15) is 13.2 Å². The van der Waals surface area contributed by atoms with Crippen LogP contribution in [0.25, 0.3) is 0 Å². The Hall–Kier alpha value is -1.62. The van der Waals surface area contributed by atoms with Crippen LogP contribution in [0.3, 0.4) is 0 Å². The molecule has 176 valence electrons. The number of rotatable bonds is 6. The van der Waals surface area contributed by atoms with Gasteiger partial charge in [0, 0.05) is 44.5 Å². The highest BCUT2D eigenvalue weighted by Crippen LogP contribution is 2.32. The number of alkyl halides is 3. The molecule has 1 aromatic heterocycles. The van der Waals surface area contributed by atoms with Crippen LogP contribution in [0.1, 0.15) is 37.7 Å². The second-order valence-corrected chi connectivity index (χ2v) is 8.23. The lowest BCUT2D eigenvalue weighted by atomic mass is 9.99. The topological polar surface area (TPSA) is 81.4 Å². The first-order chi connectivity index (χ1) is 14.8. The molecule has 0 amide bonds. The lowest BCUT2D eigenvalue weighted by Crippen LogP contribution is -2.43. The number of aliphatic carboxylic acids is 1. The van der Waals surface area contributed by atoms with E-state index in [2.05, 4.69) is 11.0 Å². The summed E-state index contributed by atoms with van der Waals surface area (Å²) in [4.78, 5) is 11.4. The van der Waals surface area contributed by atoms with Gasteiger partial charge in [0.2, 0.25) is 0 Å². The van der Waals surface area contributed by atoms with Crippen molar-refractivity contribution in [3.8, 4) is 0 Å². The molecular formula is C21H30F3NO6. The molecule has 4 heterocycles. The maximum Gasteiger partial charge on any atom is 0.490 e. The Kier molecular flexibility index (Phi) is 8.76. The Bertz CT molecular complexity index is 663. The number of halogens is 3. The van der Waals surface area contributed by atoms with Gasteiger partial charge in [0.05, 0.1) is 31.3 Å². The molecule has 0 bridgehead atoms. The summed E-state index contributed by atoms with van der Waals surface area (Å²) in [7, 11) is 0. The average Bonchev–Trinajstić information content (AvgIpc) is 3.39. The molecule has 0 spiro atoms. The SMILES string of the molecule is O=C(O)C(F)(F)F.c1cc(CN2CC[C@H]3O[C@@H](COCC4CCOCC4)CC[C@H]32)co1. The molecule has 7 nitrogen and oxygen atoms in total.